The first-order valence-electron chi connectivity index (χ1n) is 6.02. The second-order valence-electron chi connectivity index (χ2n) is 4.07. The van der Waals surface area contributed by atoms with Gasteiger partial charge in [0.15, 0.2) is 0 Å². The summed E-state index contributed by atoms with van der Waals surface area (Å²) in [7, 11) is 0. The minimum absolute atomic E-state index is 0.0675. The Hall–Kier alpha value is -1.44. The minimum atomic E-state index is -1.30. The first-order valence-corrected chi connectivity index (χ1v) is 7.18. The van der Waals surface area contributed by atoms with Crippen LogP contribution in [0.2, 0.25) is 0 Å². The third kappa shape index (κ3) is 9.18. The van der Waals surface area contributed by atoms with Crippen LogP contribution < -0.4 is 16.4 Å². The van der Waals surface area contributed by atoms with Crippen LogP contribution in [0.4, 0.5) is 4.79 Å². The lowest BCUT2D eigenvalue weighted by atomic mass is 10.2. The van der Waals surface area contributed by atoms with E-state index in [2.05, 4.69) is 17.6 Å². The molecule has 0 spiro atoms. The highest BCUT2D eigenvalue weighted by atomic mass is 32.2. The van der Waals surface area contributed by atoms with Gasteiger partial charge in [0.1, 0.15) is 6.04 Å². The molecule has 0 aliphatic carbocycles. The van der Waals surface area contributed by atoms with Crippen molar-refractivity contribution in [1.29, 1.82) is 0 Å². The van der Waals surface area contributed by atoms with Crippen molar-refractivity contribution in [1.82, 2.24) is 10.6 Å². The zero-order chi connectivity index (χ0) is 14.8. The van der Waals surface area contributed by atoms with Crippen LogP contribution in [0.15, 0.2) is 0 Å². The van der Waals surface area contributed by atoms with Crippen molar-refractivity contribution >= 4 is 29.7 Å². The number of primary amides is 1. The fourth-order valence-electron chi connectivity index (χ4n) is 1.30. The number of hydrogen-bond acceptors (Lipinski definition) is 4. The van der Waals surface area contributed by atoms with Gasteiger partial charge in [-0.1, -0.05) is 6.92 Å². The first kappa shape index (κ1) is 17.6. The lowest BCUT2D eigenvalue weighted by molar-refractivity contribution is -0.140. The molecule has 8 heteroatoms. The Morgan fingerprint density at radius 1 is 1.32 bits per heavy atom. The van der Waals surface area contributed by atoms with Gasteiger partial charge in [0.2, 0.25) is 5.91 Å². The molecule has 2 atom stereocenters. The fraction of sp³-hybridized carbons (Fsp3) is 0.727. The highest BCUT2D eigenvalue weighted by Crippen LogP contribution is 2.03. The van der Waals surface area contributed by atoms with E-state index in [0.717, 1.165) is 17.9 Å². The Labute approximate surface area is 116 Å². The van der Waals surface area contributed by atoms with E-state index in [1.807, 2.05) is 6.92 Å². The largest absolute Gasteiger partial charge is 0.480 e. The third-order valence-electron chi connectivity index (χ3n) is 2.29. The summed E-state index contributed by atoms with van der Waals surface area (Å²) in [6.07, 6.45) is 0.363. The Balaban J connectivity index is 4.11. The molecule has 0 heterocycles. The molecule has 5 N–H and O–H groups in total. The topological polar surface area (TPSA) is 122 Å². The Bertz CT molecular complexity index is 325. The minimum Gasteiger partial charge on any atom is -0.480 e. The quantitative estimate of drug-likeness (QED) is 0.450. The van der Waals surface area contributed by atoms with E-state index < -0.39 is 30.4 Å². The van der Waals surface area contributed by atoms with Gasteiger partial charge in [-0.2, -0.15) is 11.8 Å². The van der Waals surface area contributed by atoms with Gasteiger partial charge in [0.05, 0.1) is 6.42 Å². The molecule has 3 amide bonds. The summed E-state index contributed by atoms with van der Waals surface area (Å²) in [5.41, 5.74) is 4.91. The van der Waals surface area contributed by atoms with E-state index >= 15 is 0 Å². The number of amides is 3. The van der Waals surface area contributed by atoms with Gasteiger partial charge in [-0.05, 0) is 24.9 Å². The molecule has 0 saturated heterocycles. The molecular weight excluding hydrogens is 270 g/mol. The van der Waals surface area contributed by atoms with Crippen LogP contribution in [-0.2, 0) is 9.59 Å². The van der Waals surface area contributed by atoms with Crippen molar-refractivity contribution in [2.24, 2.45) is 5.73 Å². The van der Waals surface area contributed by atoms with Gasteiger partial charge in [0.25, 0.3) is 0 Å². The number of hydrogen-bond donors (Lipinski definition) is 4. The number of carboxylic acid groups (broad SMARTS) is 1. The Kier molecular flexibility index (Phi) is 8.77. The van der Waals surface area contributed by atoms with Crippen LogP contribution in [0.3, 0.4) is 0 Å². The van der Waals surface area contributed by atoms with E-state index in [1.165, 1.54) is 0 Å². The summed E-state index contributed by atoms with van der Waals surface area (Å²) in [5.74, 6) is -0.136. The maximum absolute atomic E-state index is 11.5. The average molecular weight is 291 g/mol. The van der Waals surface area contributed by atoms with E-state index in [0.29, 0.717) is 0 Å². The van der Waals surface area contributed by atoms with Crippen LogP contribution >= 0.6 is 11.8 Å². The molecule has 110 valence electrons. The molecule has 19 heavy (non-hydrogen) atoms. The van der Waals surface area contributed by atoms with E-state index in [4.69, 9.17) is 10.8 Å². The predicted octanol–water partition coefficient (Wildman–Crippen LogP) is 0.146. The molecular formula is C11H21N3O4S. The molecule has 0 aromatic carbocycles. The predicted molar refractivity (Wildman–Crippen MR) is 74.0 cm³/mol. The third-order valence-corrected chi connectivity index (χ3v) is 3.22. The normalized spacial score (nSPS) is 13.4. The summed E-state index contributed by atoms with van der Waals surface area (Å²) in [6, 6.07) is -1.97. The molecule has 0 saturated carbocycles. The van der Waals surface area contributed by atoms with E-state index in [9.17, 15) is 14.4 Å². The maximum Gasteiger partial charge on any atom is 0.326 e. The van der Waals surface area contributed by atoms with Crippen LogP contribution in [0, 0.1) is 0 Å². The summed E-state index contributed by atoms with van der Waals surface area (Å²) in [5, 5.41) is 13.7. The Morgan fingerprint density at radius 3 is 2.42 bits per heavy atom. The van der Waals surface area contributed by atoms with Crippen molar-refractivity contribution in [3.05, 3.63) is 0 Å². The van der Waals surface area contributed by atoms with Gasteiger partial charge < -0.3 is 21.5 Å². The van der Waals surface area contributed by atoms with Gasteiger partial charge in [-0.25, -0.2) is 9.59 Å². The Morgan fingerprint density at radius 2 is 1.95 bits per heavy atom. The highest BCUT2D eigenvalue weighted by molar-refractivity contribution is 7.99. The number of aliphatic carboxylic acids is 1. The van der Waals surface area contributed by atoms with Crippen LogP contribution in [0.1, 0.15) is 26.7 Å². The SMILES string of the molecule is CCSCCC(C)NC(=O)N[C@@H](CC(N)=O)C(=O)O. The monoisotopic (exact) mass is 291 g/mol. The number of carbonyl (C=O) groups is 3. The number of nitrogens with two attached hydrogens (primary N) is 1. The number of rotatable bonds is 9. The smallest absolute Gasteiger partial charge is 0.326 e. The van der Waals surface area contributed by atoms with Gasteiger partial charge in [0, 0.05) is 6.04 Å². The number of carboxylic acids is 1. The summed E-state index contributed by atoms with van der Waals surface area (Å²) < 4.78 is 0. The summed E-state index contributed by atoms with van der Waals surface area (Å²) in [4.78, 5) is 33.0. The number of urea groups is 1. The zero-order valence-corrected chi connectivity index (χ0v) is 12.0. The molecule has 0 aliphatic heterocycles. The number of nitrogens with one attached hydrogen (secondary N) is 2. The second-order valence-corrected chi connectivity index (χ2v) is 5.46. The maximum atomic E-state index is 11.5. The van der Waals surface area contributed by atoms with Gasteiger partial charge in [-0.3, -0.25) is 4.79 Å². The van der Waals surface area contributed by atoms with Crippen LogP contribution in [0.5, 0.6) is 0 Å². The summed E-state index contributed by atoms with van der Waals surface area (Å²) >= 11 is 1.76. The van der Waals surface area contributed by atoms with Crippen molar-refractivity contribution < 1.29 is 19.5 Å². The standard InChI is InChI=1S/C11H21N3O4S/c1-3-19-5-4-7(2)13-11(18)14-8(10(16)17)6-9(12)15/h7-8H,3-6H2,1-2H3,(H2,12,15)(H,16,17)(H2,13,14,18)/t7?,8-/m0/s1. The van der Waals surface area contributed by atoms with Crippen LogP contribution in [0.25, 0.3) is 0 Å². The molecule has 0 aliphatic rings. The molecule has 0 radical (unpaired) electrons. The molecule has 7 nitrogen and oxygen atoms in total. The van der Waals surface area contributed by atoms with Gasteiger partial charge in [-0.15, -0.1) is 0 Å². The highest BCUT2D eigenvalue weighted by Gasteiger charge is 2.22. The fourth-order valence-corrected chi connectivity index (χ4v) is 2.11. The van der Waals surface area contributed by atoms with Crippen molar-refractivity contribution in [2.45, 2.75) is 38.8 Å². The van der Waals surface area contributed by atoms with Crippen molar-refractivity contribution in [3.63, 3.8) is 0 Å². The molecule has 0 aromatic heterocycles. The lowest BCUT2D eigenvalue weighted by Crippen LogP contribution is -2.49. The molecule has 0 aromatic rings. The van der Waals surface area contributed by atoms with Gasteiger partial charge >= 0.3 is 12.0 Å². The first-order chi connectivity index (χ1) is 8.86. The van der Waals surface area contributed by atoms with Crippen molar-refractivity contribution in [3.8, 4) is 0 Å². The lowest BCUT2D eigenvalue weighted by Gasteiger charge is -2.17. The zero-order valence-electron chi connectivity index (χ0n) is 11.1. The molecule has 0 fully saturated rings. The van der Waals surface area contributed by atoms with E-state index in [1.54, 1.807) is 11.8 Å². The molecule has 0 bridgehead atoms. The number of thioether (sulfide) groups is 1. The average Bonchev–Trinajstić information content (AvgIpc) is 2.27. The molecule has 1 unspecified atom stereocenters. The second kappa shape index (κ2) is 9.48. The van der Waals surface area contributed by atoms with E-state index in [-0.39, 0.29) is 6.04 Å². The van der Waals surface area contributed by atoms with Crippen molar-refractivity contribution in [2.75, 3.05) is 11.5 Å². The summed E-state index contributed by atoms with van der Waals surface area (Å²) in [6.45, 7) is 3.89. The molecule has 0 rings (SSSR count). The van der Waals surface area contributed by atoms with Crippen LogP contribution in [-0.4, -0.2) is 46.6 Å². The number of carbonyl (C=O) groups excluding carboxylic acids is 2.